The van der Waals surface area contributed by atoms with Crippen molar-refractivity contribution in [2.24, 2.45) is 0 Å². The highest BCUT2D eigenvalue weighted by atomic mass is 32.2. The van der Waals surface area contributed by atoms with E-state index >= 15 is 0 Å². The van der Waals surface area contributed by atoms with Crippen LogP contribution in [0.2, 0.25) is 0 Å². The zero-order chi connectivity index (χ0) is 26.7. The van der Waals surface area contributed by atoms with E-state index in [1.807, 2.05) is 6.92 Å². The third kappa shape index (κ3) is 5.10. The maximum absolute atomic E-state index is 13.9. The number of methoxy groups -OCH3 is 3. The van der Waals surface area contributed by atoms with Gasteiger partial charge >= 0.3 is 5.97 Å². The van der Waals surface area contributed by atoms with Gasteiger partial charge in [-0.2, -0.15) is 0 Å². The molecule has 4 rings (SSSR count). The first-order valence-electron chi connectivity index (χ1n) is 11.4. The van der Waals surface area contributed by atoms with E-state index < -0.39 is 27.9 Å². The van der Waals surface area contributed by atoms with Crippen LogP contribution in [0.1, 0.15) is 31.8 Å². The van der Waals surface area contributed by atoms with Crippen LogP contribution < -0.4 is 14.2 Å². The lowest BCUT2D eigenvalue weighted by Gasteiger charge is -2.29. The molecule has 1 atom stereocenters. The molecule has 0 aliphatic carbocycles. The van der Waals surface area contributed by atoms with Crippen LogP contribution in [0.25, 0.3) is 0 Å². The van der Waals surface area contributed by atoms with Crippen molar-refractivity contribution in [3.63, 3.8) is 0 Å². The van der Waals surface area contributed by atoms with Gasteiger partial charge in [0.05, 0.1) is 43.4 Å². The molecule has 0 N–H and O–H groups in total. The Labute approximate surface area is 215 Å². The molecule has 1 amide bonds. The summed E-state index contributed by atoms with van der Waals surface area (Å²) in [5.41, 5.74) is 1.64. The zero-order valence-corrected chi connectivity index (χ0v) is 21.7. The molecule has 1 unspecified atom stereocenters. The average Bonchev–Trinajstić information content (AvgIpc) is 3.04. The molecule has 9 nitrogen and oxygen atoms in total. The lowest BCUT2D eigenvalue weighted by Crippen LogP contribution is -2.47. The van der Waals surface area contributed by atoms with Gasteiger partial charge in [-0.1, -0.05) is 23.8 Å². The molecular weight excluding hydrogens is 498 g/mol. The van der Waals surface area contributed by atoms with Crippen molar-refractivity contribution < 1.29 is 37.0 Å². The van der Waals surface area contributed by atoms with Crippen LogP contribution in [0.5, 0.6) is 17.2 Å². The van der Waals surface area contributed by atoms with Gasteiger partial charge in [-0.25, -0.2) is 17.5 Å². The summed E-state index contributed by atoms with van der Waals surface area (Å²) in [6.07, 6.45) is 0.148. The Balaban J connectivity index is 1.82. The number of hydrogen-bond donors (Lipinski definition) is 0. The number of hydrogen-bond acceptors (Lipinski definition) is 8. The van der Waals surface area contributed by atoms with Gasteiger partial charge in [-0.3, -0.25) is 4.79 Å². The van der Waals surface area contributed by atoms with Gasteiger partial charge < -0.3 is 18.9 Å². The third-order valence-electron chi connectivity index (χ3n) is 6.09. The van der Waals surface area contributed by atoms with Gasteiger partial charge in [0, 0.05) is 0 Å². The standard InChI is InChI=1S/C27H27NO8S/c1-17-5-9-21(10-6-17)37(31,32)28-20(13-18-7-11-24(33-2)25(14-18)34-3)16-36-23-12-8-19(27(30)35-4)15-22(23)26(28)29/h5-12,14-15,20H,13,16H2,1-4H3. The van der Waals surface area contributed by atoms with Gasteiger partial charge in [0.2, 0.25) is 0 Å². The smallest absolute Gasteiger partial charge is 0.337 e. The maximum Gasteiger partial charge on any atom is 0.337 e. The van der Waals surface area contributed by atoms with Gasteiger partial charge in [-0.05, 0) is 61.4 Å². The van der Waals surface area contributed by atoms with Crippen LogP contribution in [0.15, 0.2) is 65.6 Å². The van der Waals surface area contributed by atoms with E-state index in [2.05, 4.69) is 0 Å². The highest BCUT2D eigenvalue weighted by molar-refractivity contribution is 7.89. The zero-order valence-electron chi connectivity index (χ0n) is 20.9. The van der Waals surface area contributed by atoms with Crippen molar-refractivity contribution in [3.8, 4) is 17.2 Å². The van der Waals surface area contributed by atoms with Gasteiger partial charge in [0.15, 0.2) is 11.5 Å². The fraction of sp³-hybridized carbons (Fsp3) is 0.259. The van der Waals surface area contributed by atoms with Gasteiger partial charge in [0.1, 0.15) is 12.4 Å². The van der Waals surface area contributed by atoms with Crippen molar-refractivity contribution in [1.29, 1.82) is 0 Å². The molecule has 1 aliphatic rings. The van der Waals surface area contributed by atoms with E-state index in [1.54, 1.807) is 30.3 Å². The summed E-state index contributed by atoms with van der Waals surface area (Å²) in [6, 6.07) is 14.8. The fourth-order valence-corrected chi connectivity index (χ4v) is 5.71. The van der Waals surface area contributed by atoms with E-state index in [0.29, 0.717) is 17.1 Å². The average molecular weight is 526 g/mol. The Morgan fingerprint density at radius 3 is 2.32 bits per heavy atom. The first kappa shape index (κ1) is 26.0. The predicted octanol–water partition coefficient (Wildman–Crippen LogP) is 3.63. The molecule has 194 valence electrons. The number of amides is 1. The Hall–Kier alpha value is -4.05. The summed E-state index contributed by atoms with van der Waals surface area (Å²) >= 11 is 0. The van der Waals surface area contributed by atoms with Gasteiger partial charge in [-0.15, -0.1) is 0 Å². The number of aryl methyl sites for hydroxylation is 1. The quantitative estimate of drug-likeness (QED) is 0.431. The second-order valence-electron chi connectivity index (χ2n) is 8.48. The Morgan fingerprint density at radius 1 is 0.973 bits per heavy atom. The molecule has 10 heteroatoms. The van der Waals surface area contributed by atoms with Crippen molar-refractivity contribution >= 4 is 21.9 Å². The molecule has 0 saturated carbocycles. The molecule has 0 spiro atoms. The number of esters is 1. The van der Waals surface area contributed by atoms with E-state index in [-0.39, 0.29) is 34.8 Å². The SMILES string of the molecule is COC(=O)c1ccc2c(c1)C(=O)N(S(=O)(=O)c1ccc(C)cc1)C(Cc1ccc(OC)c(OC)c1)CO2. The van der Waals surface area contributed by atoms with Gasteiger partial charge in [0.25, 0.3) is 15.9 Å². The number of benzene rings is 3. The Kier molecular flexibility index (Phi) is 7.40. The minimum Gasteiger partial charge on any atom is -0.493 e. The predicted molar refractivity (Wildman–Crippen MR) is 135 cm³/mol. The van der Waals surface area contributed by atoms with Crippen LogP contribution >= 0.6 is 0 Å². The summed E-state index contributed by atoms with van der Waals surface area (Å²) in [7, 11) is -0.0545. The first-order chi connectivity index (χ1) is 17.7. The number of fused-ring (bicyclic) bond motifs is 1. The molecule has 0 saturated heterocycles. The lowest BCUT2D eigenvalue weighted by molar-refractivity contribution is 0.0600. The monoisotopic (exact) mass is 525 g/mol. The summed E-state index contributed by atoms with van der Waals surface area (Å²) in [5, 5.41) is 0. The van der Waals surface area contributed by atoms with Crippen molar-refractivity contribution in [2.75, 3.05) is 27.9 Å². The van der Waals surface area contributed by atoms with Crippen molar-refractivity contribution in [1.82, 2.24) is 4.31 Å². The highest BCUT2D eigenvalue weighted by Crippen LogP contribution is 2.33. The summed E-state index contributed by atoms with van der Waals surface area (Å²) < 4.78 is 50.0. The number of carbonyl (C=O) groups is 2. The van der Waals surface area contributed by atoms with Crippen molar-refractivity contribution in [2.45, 2.75) is 24.3 Å². The first-order valence-corrected chi connectivity index (χ1v) is 12.8. The highest BCUT2D eigenvalue weighted by Gasteiger charge is 2.40. The Morgan fingerprint density at radius 2 is 1.68 bits per heavy atom. The summed E-state index contributed by atoms with van der Waals surface area (Å²) in [5.74, 6) is -0.290. The molecular formula is C27H27NO8S. The van der Waals surface area contributed by atoms with E-state index in [0.717, 1.165) is 9.87 Å². The van der Waals surface area contributed by atoms with E-state index in [4.69, 9.17) is 18.9 Å². The molecule has 0 fully saturated rings. The van der Waals surface area contributed by atoms with Crippen LogP contribution in [0.4, 0.5) is 0 Å². The number of sulfonamides is 1. The maximum atomic E-state index is 13.9. The number of carbonyl (C=O) groups excluding carboxylic acids is 2. The molecule has 3 aromatic rings. The topological polar surface area (TPSA) is 108 Å². The van der Waals surface area contributed by atoms with Crippen LogP contribution in [-0.4, -0.2) is 58.6 Å². The molecule has 3 aromatic carbocycles. The lowest BCUT2D eigenvalue weighted by atomic mass is 10.1. The molecule has 1 aliphatic heterocycles. The summed E-state index contributed by atoms with van der Waals surface area (Å²) in [6.45, 7) is 1.74. The van der Waals surface area contributed by atoms with Crippen molar-refractivity contribution in [3.05, 3.63) is 82.9 Å². The molecule has 1 heterocycles. The van der Waals surface area contributed by atoms with Crippen LogP contribution in [0, 0.1) is 6.92 Å². The van der Waals surface area contributed by atoms with E-state index in [1.165, 1.54) is 51.7 Å². The number of ether oxygens (including phenoxy) is 4. The molecule has 37 heavy (non-hydrogen) atoms. The largest absolute Gasteiger partial charge is 0.493 e. The van der Waals surface area contributed by atoms with E-state index in [9.17, 15) is 18.0 Å². The van der Waals surface area contributed by atoms with Crippen LogP contribution in [0.3, 0.4) is 0 Å². The summed E-state index contributed by atoms with van der Waals surface area (Å²) in [4.78, 5) is 26.0. The Bertz CT molecular complexity index is 1430. The normalized spacial score (nSPS) is 15.3. The second-order valence-corrected chi connectivity index (χ2v) is 10.3. The molecule has 0 radical (unpaired) electrons. The minimum atomic E-state index is -4.30. The number of rotatable bonds is 7. The third-order valence-corrected chi connectivity index (χ3v) is 7.94. The molecule has 0 aromatic heterocycles. The number of nitrogens with zero attached hydrogens (tertiary/aromatic N) is 1. The minimum absolute atomic E-state index is 0.0312. The second kappa shape index (κ2) is 10.5. The van der Waals surface area contributed by atoms with Crippen LogP contribution in [-0.2, 0) is 21.2 Å². The fourth-order valence-electron chi connectivity index (χ4n) is 4.16. The molecule has 0 bridgehead atoms.